The van der Waals surface area contributed by atoms with Gasteiger partial charge in [-0.2, -0.15) is 0 Å². The topological polar surface area (TPSA) is 32.3 Å². The van der Waals surface area contributed by atoms with Gasteiger partial charge in [0.1, 0.15) is 0 Å². The zero-order valence-corrected chi connectivity index (χ0v) is 9.83. The maximum absolute atomic E-state index is 12.1. The molecule has 1 rings (SSSR count). The van der Waals surface area contributed by atoms with Crippen molar-refractivity contribution >= 4 is 5.91 Å². The highest BCUT2D eigenvalue weighted by Crippen LogP contribution is 2.11. The first-order valence-corrected chi connectivity index (χ1v) is 5.81. The SMILES string of the molecule is C=CCN(C(=O)[C@@H]1CCCCN1)C(C)C. The molecule has 1 fully saturated rings. The minimum atomic E-state index is 0.0288. The summed E-state index contributed by atoms with van der Waals surface area (Å²) in [7, 11) is 0. The summed E-state index contributed by atoms with van der Waals surface area (Å²) in [5, 5.41) is 3.29. The van der Waals surface area contributed by atoms with Crippen LogP contribution in [0.5, 0.6) is 0 Å². The van der Waals surface area contributed by atoms with E-state index in [1.54, 1.807) is 6.08 Å². The Labute approximate surface area is 92.5 Å². The Morgan fingerprint density at radius 2 is 2.33 bits per heavy atom. The summed E-state index contributed by atoms with van der Waals surface area (Å²) < 4.78 is 0. The average Bonchev–Trinajstić information content (AvgIpc) is 2.26. The van der Waals surface area contributed by atoms with E-state index in [1.165, 1.54) is 6.42 Å². The van der Waals surface area contributed by atoms with E-state index in [0.717, 1.165) is 19.4 Å². The van der Waals surface area contributed by atoms with Crippen molar-refractivity contribution in [1.29, 1.82) is 0 Å². The third kappa shape index (κ3) is 3.34. The van der Waals surface area contributed by atoms with E-state index in [2.05, 4.69) is 11.9 Å². The maximum Gasteiger partial charge on any atom is 0.240 e. The van der Waals surface area contributed by atoms with Crippen LogP contribution in [0.25, 0.3) is 0 Å². The molecule has 0 aliphatic carbocycles. The first kappa shape index (κ1) is 12.2. The molecule has 1 atom stereocenters. The Hall–Kier alpha value is -0.830. The number of carbonyl (C=O) groups excluding carboxylic acids is 1. The molecule has 0 bridgehead atoms. The zero-order chi connectivity index (χ0) is 11.3. The molecule has 1 heterocycles. The van der Waals surface area contributed by atoms with Gasteiger partial charge >= 0.3 is 0 Å². The molecule has 1 amide bonds. The van der Waals surface area contributed by atoms with Gasteiger partial charge in [0, 0.05) is 12.6 Å². The molecule has 15 heavy (non-hydrogen) atoms. The third-order valence-electron chi connectivity index (χ3n) is 2.84. The summed E-state index contributed by atoms with van der Waals surface area (Å²) in [4.78, 5) is 14.0. The van der Waals surface area contributed by atoms with Crippen molar-refractivity contribution in [3.63, 3.8) is 0 Å². The van der Waals surface area contributed by atoms with Gasteiger partial charge < -0.3 is 10.2 Å². The van der Waals surface area contributed by atoms with Crippen LogP contribution in [0.2, 0.25) is 0 Å². The third-order valence-corrected chi connectivity index (χ3v) is 2.84. The number of nitrogens with zero attached hydrogens (tertiary/aromatic N) is 1. The molecular formula is C12H22N2O. The molecule has 3 nitrogen and oxygen atoms in total. The first-order chi connectivity index (χ1) is 7.16. The smallest absolute Gasteiger partial charge is 0.240 e. The number of amides is 1. The number of nitrogens with one attached hydrogen (secondary N) is 1. The Kier molecular flexibility index (Phi) is 4.82. The standard InChI is InChI=1S/C12H22N2O/c1-4-9-14(10(2)3)12(15)11-7-5-6-8-13-11/h4,10-11,13H,1,5-9H2,2-3H3/t11-/m0/s1. The molecule has 1 aliphatic rings. The summed E-state index contributed by atoms with van der Waals surface area (Å²) in [5.74, 6) is 0.226. The highest BCUT2D eigenvalue weighted by molar-refractivity contribution is 5.82. The molecule has 0 aromatic rings. The normalized spacial score (nSPS) is 21.4. The lowest BCUT2D eigenvalue weighted by molar-refractivity contribution is -0.135. The van der Waals surface area contributed by atoms with Gasteiger partial charge in [-0.3, -0.25) is 4.79 Å². The highest BCUT2D eigenvalue weighted by Gasteiger charge is 2.26. The Morgan fingerprint density at radius 1 is 1.60 bits per heavy atom. The monoisotopic (exact) mass is 210 g/mol. The van der Waals surface area contributed by atoms with Crippen LogP contribution in [0, 0.1) is 0 Å². The molecule has 1 aliphatic heterocycles. The van der Waals surface area contributed by atoms with Crippen molar-refractivity contribution in [3.8, 4) is 0 Å². The van der Waals surface area contributed by atoms with E-state index in [0.29, 0.717) is 6.54 Å². The Morgan fingerprint density at radius 3 is 2.80 bits per heavy atom. The second-order valence-corrected chi connectivity index (χ2v) is 4.38. The maximum atomic E-state index is 12.1. The molecule has 0 spiro atoms. The van der Waals surface area contributed by atoms with Crippen LogP contribution in [-0.2, 0) is 4.79 Å². The van der Waals surface area contributed by atoms with Crippen LogP contribution in [0.1, 0.15) is 33.1 Å². The first-order valence-electron chi connectivity index (χ1n) is 5.81. The largest absolute Gasteiger partial charge is 0.335 e. The number of hydrogen-bond acceptors (Lipinski definition) is 2. The van der Waals surface area contributed by atoms with E-state index in [9.17, 15) is 4.79 Å². The van der Waals surface area contributed by atoms with E-state index < -0.39 is 0 Å². The van der Waals surface area contributed by atoms with Crippen molar-refractivity contribution in [2.75, 3.05) is 13.1 Å². The lowest BCUT2D eigenvalue weighted by Gasteiger charge is -2.32. The number of rotatable bonds is 4. The summed E-state index contributed by atoms with van der Waals surface area (Å²) >= 11 is 0. The fourth-order valence-corrected chi connectivity index (χ4v) is 1.96. The molecule has 3 heteroatoms. The molecule has 0 radical (unpaired) electrons. The van der Waals surface area contributed by atoms with Crippen LogP contribution in [0.15, 0.2) is 12.7 Å². The van der Waals surface area contributed by atoms with Crippen LogP contribution in [0.3, 0.4) is 0 Å². The van der Waals surface area contributed by atoms with Crippen LogP contribution >= 0.6 is 0 Å². The molecule has 0 aromatic carbocycles. The molecular weight excluding hydrogens is 188 g/mol. The second-order valence-electron chi connectivity index (χ2n) is 4.38. The minimum Gasteiger partial charge on any atom is -0.335 e. The quantitative estimate of drug-likeness (QED) is 0.714. The lowest BCUT2D eigenvalue weighted by Crippen LogP contribution is -2.50. The van der Waals surface area contributed by atoms with Gasteiger partial charge in [0.25, 0.3) is 0 Å². The molecule has 0 unspecified atom stereocenters. The fourth-order valence-electron chi connectivity index (χ4n) is 1.96. The zero-order valence-electron chi connectivity index (χ0n) is 9.83. The van der Waals surface area contributed by atoms with Gasteiger partial charge in [-0.05, 0) is 33.2 Å². The van der Waals surface area contributed by atoms with E-state index >= 15 is 0 Å². The lowest BCUT2D eigenvalue weighted by atomic mass is 10.0. The van der Waals surface area contributed by atoms with Crippen LogP contribution < -0.4 is 5.32 Å². The van der Waals surface area contributed by atoms with Crippen molar-refractivity contribution in [3.05, 3.63) is 12.7 Å². The second kappa shape index (κ2) is 5.91. The molecule has 1 N–H and O–H groups in total. The Bertz CT molecular complexity index is 220. The summed E-state index contributed by atoms with van der Waals surface area (Å²) in [5.41, 5.74) is 0. The van der Waals surface area contributed by atoms with Crippen molar-refractivity contribution < 1.29 is 4.79 Å². The van der Waals surface area contributed by atoms with Gasteiger partial charge in [-0.25, -0.2) is 0 Å². The molecule has 1 saturated heterocycles. The van der Waals surface area contributed by atoms with Gasteiger partial charge in [-0.15, -0.1) is 6.58 Å². The van der Waals surface area contributed by atoms with Gasteiger partial charge in [0.05, 0.1) is 6.04 Å². The highest BCUT2D eigenvalue weighted by atomic mass is 16.2. The van der Waals surface area contributed by atoms with E-state index in [1.807, 2.05) is 18.7 Å². The molecule has 0 saturated carbocycles. The van der Waals surface area contributed by atoms with Crippen molar-refractivity contribution in [2.45, 2.75) is 45.2 Å². The van der Waals surface area contributed by atoms with Gasteiger partial charge in [0.15, 0.2) is 0 Å². The van der Waals surface area contributed by atoms with E-state index in [4.69, 9.17) is 0 Å². The average molecular weight is 210 g/mol. The number of hydrogen-bond donors (Lipinski definition) is 1. The fraction of sp³-hybridized carbons (Fsp3) is 0.750. The van der Waals surface area contributed by atoms with Crippen LogP contribution in [0.4, 0.5) is 0 Å². The minimum absolute atomic E-state index is 0.0288. The van der Waals surface area contributed by atoms with Crippen molar-refractivity contribution in [1.82, 2.24) is 10.2 Å². The molecule has 86 valence electrons. The summed E-state index contributed by atoms with van der Waals surface area (Å²) in [6.07, 6.45) is 5.11. The van der Waals surface area contributed by atoms with E-state index in [-0.39, 0.29) is 18.0 Å². The summed E-state index contributed by atoms with van der Waals surface area (Å²) in [6.45, 7) is 9.40. The molecule has 0 aromatic heterocycles. The Balaban J connectivity index is 2.57. The number of piperidine rings is 1. The van der Waals surface area contributed by atoms with Gasteiger partial charge in [-0.1, -0.05) is 12.5 Å². The summed E-state index contributed by atoms with van der Waals surface area (Å²) in [6, 6.07) is 0.278. The van der Waals surface area contributed by atoms with Gasteiger partial charge in [0.2, 0.25) is 5.91 Å². The predicted molar refractivity (Wildman–Crippen MR) is 62.7 cm³/mol. The van der Waals surface area contributed by atoms with Crippen molar-refractivity contribution in [2.24, 2.45) is 0 Å². The predicted octanol–water partition coefficient (Wildman–Crippen LogP) is 1.55. The van der Waals surface area contributed by atoms with Crippen LogP contribution in [-0.4, -0.2) is 36.0 Å². The number of carbonyl (C=O) groups is 1.